The highest BCUT2D eigenvalue weighted by molar-refractivity contribution is 6.03. The number of carbonyl (C=O) groups excluding carboxylic acids is 1. The molecule has 0 aliphatic heterocycles. The predicted octanol–water partition coefficient (Wildman–Crippen LogP) is 3.79. The summed E-state index contributed by atoms with van der Waals surface area (Å²) in [6.45, 7) is 1.65. The van der Waals surface area contributed by atoms with Crippen LogP contribution >= 0.6 is 0 Å². The Hall–Kier alpha value is -3.79. The van der Waals surface area contributed by atoms with E-state index >= 15 is 0 Å². The van der Waals surface area contributed by atoms with Crippen molar-refractivity contribution in [2.24, 2.45) is 0 Å². The number of nitriles is 1. The van der Waals surface area contributed by atoms with Crippen LogP contribution in [0.25, 0.3) is 0 Å². The Morgan fingerprint density at radius 2 is 1.92 bits per heavy atom. The van der Waals surface area contributed by atoms with Crippen molar-refractivity contribution >= 4 is 23.1 Å². The molecule has 2 aromatic carbocycles. The number of halogens is 1. The Morgan fingerprint density at radius 3 is 2.69 bits per heavy atom. The molecule has 0 bridgehead atoms. The number of carbonyl (C=O) groups is 1. The standard InChI is InChI=1S/C19H14FN5O/c1-12-22-17(19(26)24-15-7-4-6-14(20)9-15)10-18(23-12)25-16-8-3-2-5-13(16)11-21/h2-10H,1H3,(H,24,26)(H,22,23,25). The molecule has 0 radical (unpaired) electrons. The number of amides is 1. The minimum absolute atomic E-state index is 0.124. The Morgan fingerprint density at radius 1 is 1.12 bits per heavy atom. The summed E-state index contributed by atoms with van der Waals surface area (Å²) in [5, 5.41) is 14.8. The average molecular weight is 347 g/mol. The average Bonchev–Trinajstić information content (AvgIpc) is 2.61. The van der Waals surface area contributed by atoms with Gasteiger partial charge in [0.05, 0.1) is 11.3 Å². The SMILES string of the molecule is Cc1nc(Nc2ccccc2C#N)cc(C(=O)Nc2cccc(F)c2)n1. The van der Waals surface area contributed by atoms with Gasteiger partial charge in [-0.05, 0) is 37.3 Å². The molecule has 1 aromatic heterocycles. The maximum absolute atomic E-state index is 13.2. The Kier molecular flexibility index (Phi) is 4.85. The van der Waals surface area contributed by atoms with Crippen LogP contribution < -0.4 is 10.6 Å². The van der Waals surface area contributed by atoms with Gasteiger partial charge in [-0.2, -0.15) is 5.26 Å². The maximum atomic E-state index is 13.2. The van der Waals surface area contributed by atoms with Crippen LogP contribution in [0.2, 0.25) is 0 Å². The van der Waals surface area contributed by atoms with E-state index in [1.807, 2.05) is 0 Å². The highest BCUT2D eigenvalue weighted by Crippen LogP contribution is 2.20. The third-order valence-electron chi connectivity index (χ3n) is 3.46. The summed E-state index contributed by atoms with van der Waals surface area (Å²) in [6, 6.07) is 16.1. The second-order valence-electron chi connectivity index (χ2n) is 5.43. The molecule has 1 heterocycles. The summed E-state index contributed by atoms with van der Waals surface area (Å²) < 4.78 is 13.2. The molecule has 0 saturated heterocycles. The van der Waals surface area contributed by atoms with Crippen molar-refractivity contribution in [3.05, 3.63) is 77.5 Å². The lowest BCUT2D eigenvalue weighted by Crippen LogP contribution is -2.15. The molecule has 0 aliphatic rings. The highest BCUT2D eigenvalue weighted by Gasteiger charge is 2.12. The van der Waals surface area contributed by atoms with E-state index in [0.717, 1.165) is 0 Å². The van der Waals surface area contributed by atoms with E-state index in [0.29, 0.717) is 28.6 Å². The van der Waals surface area contributed by atoms with Crippen LogP contribution in [0.1, 0.15) is 21.9 Å². The van der Waals surface area contributed by atoms with Crippen LogP contribution in [0.15, 0.2) is 54.6 Å². The molecule has 0 unspecified atom stereocenters. The van der Waals surface area contributed by atoms with E-state index in [9.17, 15) is 9.18 Å². The summed E-state index contributed by atoms with van der Waals surface area (Å²) in [5.74, 6) is -0.173. The summed E-state index contributed by atoms with van der Waals surface area (Å²) in [5.41, 5.74) is 1.48. The molecule has 3 aromatic rings. The number of hydrogen-bond acceptors (Lipinski definition) is 5. The summed E-state index contributed by atoms with van der Waals surface area (Å²) in [4.78, 5) is 20.8. The lowest BCUT2D eigenvalue weighted by Gasteiger charge is -2.10. The largest absolute Gasteiger partial charge is 0.339 e. The fourth-order valence-corrected chi connectivity index (χ4v) is 2.34. The second kappa shape index (κ2) is 7.40. The molecule has 0 spiro atoms. The number of nitrogens with one attached hydrogen (secondary N) is 2. The van der Waals surface area contributed by atoms with Gasteiger partial charge in [-0.1, -0.05) is 18.2 Å². The topological polar surface area (TPSA) is 90.7 Å². The fraction of sp³-hybridized carbons (Fsp3) is 0.0526. The van der Waals surface area contributed by atoms with E-state index < -0.39 is 11.7 Å². The van der Waals surface area contributed by atoms with E-state index in [4.69, 9.17) is 5.26 Å². The predicted molar refractivity (Wildman–Crippen MR) is 95.6 cm³/mol. The first-order chi connectivity index (χ1) is 12.5. The number of anilines is 3. The van der Waals surface area contributed by atoms with E-state index in [2.05, 4.69) is 26.7 Å². The summed E-state index contributed by atoms with van der Waals surface area (Å²) >= 11 is 0. The number of nitrogens with zero attached hydrogens (tertiary/aromatic N) is 3. The first-order valence-corrected chi connectivity index (χ1v) is 7.74. The maximum Gasteiger partial charge on any atom is 0.274 e. The van der Waals surface area contributed by atoms with Crippen LogP contribution in [0.3, 0.4) is 0 Å². The summed E-state index contributed by atoms with van der Waals surface area (Å²) in [6.07, 6.45) is 0. The number of rotatable bonds is 4. The molecule has 6 nitrogen and oxygen atoms in total. The van der Waals surface area contributed by atoms with Crippen molar-refractivity contribution in [1.29, 1.82) is 5.26 Å². The number of aryl methyl sites for hydroxylation is 1. The number of aromatic nitrogens is 2. The molecule has 0 atom stereocenters. The molecule has 0 aliphatic carbocycles. The quantitative estimate of drug-likeness (QED) is 0.749. The van der Waals surface area contributed by atoms with Crippen LogP contribution in [0.4, 0.5) is 21.6 Å². The van der Waals surface area contributed by atoms with Gasteiger partial charge < -0.3 is 10.6 Å². The third-order valence-corrected chi connectivity index (χ3v) is 3.46. The molecule has 26 heavy (non-hydrogen) atoms. The number of benzene rings is 2. The van der Waals surface area contributed by atoms with Gasteiger partial charge in [0.1, 0.15) is 29.2 Å². The van der Waals surface area contributed by atoms with Gasteiger partial charge in [0, 0.05) is 11.8 Å². The monoisotopic (exact) mass is 347 g/mol. The molecule has 128 valence electrons. The first-order valence-electron chi connectivity index (χ1n) is 7.74. The lowest BCUT2D eigenvalue weighted by molar-refractivity contribution is 0.102. The van der Waals surface area contributed by atoms with E-state index in [1.165, 1.54) is 24.3 Å². The van der Waals surface area contributed by atoms with Crippen molar-refractivity contribution in [3.8, 4) is 6.07 Å². The van der Waals surface area contributed by atoms with Gasteiger partial charge >= 0.3 is 0 Å². The van der Waals surface area contributed by atoms with Crippen molar-refractivity contribution in [3.63, 3.8) is 0 Å². The van der Waals surface area contributed by atoms with Crippen LogP contribution in [-0.2, 0) is 0 Å². The molecule has 0 fully saturated rings. The van der Waals surface area contributed by atoms with Crippen molar-refractivity contribution < 1.29 is 9.18 Å². The van der Waals surface area contributed by atoms with Gasteiger partial charge in [-0.3, -0.25) is 4.79 Å². The van der Waals surface area contributed by atoms with Crippen LogP contribution in [-0.4, -0.2) is 15.9 Å². The highest BCUT2D eigenvalue weighted by atomic mass is 19.1. The molecule has 0 saturated carbocycles. The van der Waals surface area contributed by atoms with Gasteiger partial charge in [0.25, 0.3) is 5.91 Å². The summed E-state index contributed by atoms with van der Waals surface area (Å²) in [7, 11) is 0. The zero-order valence-electron chi connectivity index (χ0n) is 13.8. The van der Waals surface area contributed by atoms with Crippen molar-refractivity contribution in [2.45, 2.75) is 6.92 Å². The van der Waals surface area contributed by atoms with Crippen LogP contribution in [0.5, 0.6) is 0 Å². The molecule has 7 heteroatoms. The van der Waals surface area contributed by atoms with Crippen molar-refractivity contribution in [2.75, 3.05) is 10.6 Å². The van der Waals surface area contributed by atoms with Crippen LogP contribution in [0, 0.1) is 24.1 Å². The minimum atomic E-state index is -0.488. The number of hydrogen-bond donors (Lipinski definition) is 2. The Labute approximate surface area is 149 Å². The number of para-hydroxylation sites is 1. The normalized spacial score (nSPS) is 10.0. The van der Waals surface area contributed by atoms with E-state index in [-0.39, 0.29) is 5.69 Å². The van der Waals surface area contributed by atoms with Crippen molar-refractivity contribution in [1.82, 2.24) is 9.97 Å². The molecule has 2 N–H and O–H groups in total. The molecule has 3 rings (SSSR count). The second-order valence-corrected chi connectivity index (χ2v) is 5.43. The minimum Gasteiger partial charge on any atom is -0.339 e. The van der Waals surface area contributed by atoms with E-state index in [1.54, 1.807) is 37.3 Å². The molecule has 1 amide bonds. The first kappa shape index (κ1) is 17.0. The van der Waals surface area contributed by atoms with Gasteiger partial charge in [-0.15, -0.1) is 0 Å². The Bertz CT molecular complexity index is 1010. The Balaban J connectivity index is 1.85. The fourth-order valence-electron chi connectivity index (χ4n) is 2.34. The zero-order valence-corrected chi connectivity index (χ0v) is 13.8. The molecular weight excluding hydrogens is 333 g/mol. The lowest BCUT2D eigenvalue weighted by atomic mass is 10.2. The van der Waals surface area contributed by atoms with Gasteiger partial charge in [0.2, 0.25) is 0 Å². The molecular formula is C19H14FN5O. The van der Waals surface area contributed by atoms with Gasteiger partial charge in [0.15, 0.2) is 0 Å². The third kappa shape index (κ3) is 3.99. The van der Waals surface area contributed by atoms with Gasteiger partial charge in [-0.25, -0.2) is 14.4 Å². The smallest absolute Gasteiger partial charge is 0.274 e. The zero-order chi connectivity index (χ0) is 18.5.